The van der Waals surface area contributed by atoms with Crippen LogP contribution in [0, 0.1) is 18.6 Å². The van der Waals surface area contributed by atoms with Gasteiger partial charge in [0, 0.05) is 16.1 Å². The summed E-state index contributed by atoms with van der Waals surface area (Å²) in [5.74, 6) is -1.24. The van der Waals surface area contributed by atoms with Gasteiger partial charge in [-0.15, -0.1) is 0 Å². The standard InChI is InChI=1S/C15H14BrF2N/c1-9-2-4-10(5-3-9)6-14(19)15-12(17)7-11(16)8-13(15)18/h2-5,7-8,14H,6,19H2,1H3. The SMILES string of the molecule is Cc1ccc(CC(N)c2c(F)cc(Br)cc2F)cc1. The highest BCUT2D eigenvalue weighted by Gasteiger charge is 2.18. The second-order valence-corrected chi connectivity index (χ2v) is 5.50. The molecule has 0 aromatic heterocycles. The minimum Gasteiger partial charge on any atom is -0.323 e. The van der Waals surface area contributed by atoms with Crippen LogP contribution in [0.15, 0.2) is 40.9 Å². The lowest BCUT2D eigenvalue weighted by Crippen LogP contribution is -2.17. The lowest BCUT2D eigenvalue weighted by Gasteiger charge is -2.14. The number of aryl methyl sites for hydroxylation is 1. The van der Waals surface area contributed by atoms with Crippen molar-refractivity contribution in [1.29, 1.82) is 0 Å². The molecule has 2 N–H and O–H groups in total. The van der Waals surface area contributed by atoms with Gasteiger partial charge >= 0.3 is 0 Å². The topological polar surface area (TPSA) is 26.0 Å². The summed E-state index contributed by atoms with van der Waals surface area (Å²) in [5, 5.41) is 0. The minimum atomic E-state index is -0.698. The van der Waals surface area contributed by atoms with E-state index in [1.807, 2.05) is 31.2 Å². The van der Waals surface area contributed by atoms with E-state index < -0.39 is 17.7 Å². The van der Waals surface area contributed by atoms with Crippen molar-refractivity contribution < 1.29 is 8.78 Å². The number of nitrogens with two attached hydrogens (primary N) is 1. The highest BCUT2D eigenvalue weighted by atomic mass is 79.9. The molecular formula is C15H14BrF2N. The first-order valence-electron chi connectivity index (χ1n) is 5.93. The van der Waals surface area contributed by atoms with Gasteiger partial charge in [0.05, 0.1) is 0 Å². The third kappa shape index (κ3) is 3.39. The Morgan fingerprint density at radius 3 is 2.16 bits per heavy atom. The molecule has 0 bridgehead atoms. The second-order valence-electron chi connectivity index (χ2n) is 4.58. The molecular weight excluding hydrogens is 312 g/mol. The van der Waals surface area contributed by atoms with Gasteiger partial charge in [-0.3, -0.25) is 0 Å². The monoisotopic (exact) mass is 325 g/mol. The normalized spacial score (nSPS) is 12.5. The summed E-state index contributed by atoms with van der Waals surface area (Å²) in [7, 11) is 0. The van der Waals surface area contributed by atoms with Gasteiger partial charge in [-0.25, -0.2) is 8.78 Å². The molecule has 0 spiro atoms. The average molecular weight is 326 g/mol. The molecule has 2 aromatic carbocycles. The average Bonchev–Trinajstić information content (AvgIpc) is 2.30. The van der Waals surface area contributed by atoms with Crippen LogP contribution in [0.3, 0.4) is 0 Å². The third-order valence-corrected chi connectivity index (χ3v) is 3.45. The Bertz CT molecular complexity index is 558. The van der Waals surface area contributed by atoms with Crippen LogP contribution in [0.25, 0.3) is 0 Å². The summed E-state index contributed by atoms with van der Waals surface area (Å²) in [6.45, 7) is 1.98. The minimum absolute atomic E-state index is 0.0659. The van der Waals surface area contributed by atoms with E-state index in [0.717, 1.165) is 11.1 Å². The molecule has 4 heteroatoms. The van der Waals surface area contributed by atoms with E-state index in [0.29, 0.717) is 10.9 Å². The van der Waals surface area contributed by atoms with Crippen LogP contribution in [0.4, 0.5) is 8.78 Å². The maximum absolute atomic E-state index is 13.8. The van der Waals surface area contributed by atoms with Crippen molar-refractivity contribution in [2.45, 2.75) is 19.4 Å². The fourth-order valence-electron chi connectivity index (χ4n) is 1.99. The Balaban J connectivity index is 2.25. The van der Waals surface area contributed by atoms with Gasteiger partial charge < -0.3 is 5.73 Å². The number of hydrogen-bond acceptors (Lipinski definition) is 1. The zero-order valence-electron chi connectivity index (χ0n) is 10.5. The molecule has 0 amide bonds. The van der Waals surface area contributed by atoms with Gasteiger partial charge in [0.15, 0.2) is 0 Å². The lowest BCUT2D eigenvalue weighted by atomic mass is 9.98. The summed E-state index contributed by atoms with van der Waals surface area (Å²) in [4.78, 5) is 0. The second kappa shape index (κ2) is 5.80. The van der Waals surface area contributed by atoms with Gasteiger partial charge in [-0.1, -0.05) is 45.8 Å². The molecule has 1 atom stereocenters. The molecule has 2 rings (SSSR count). The Hall–Kier alpha value is -1.26. The van der Waals surface area contributed by atoms with Crippen LogP contribution in [0.2, 0.25) is 0 Å². The van der Waals surface area contributed by atoms with E-state index in [1.165, 1.54) is 12.1 Å². The fraction of sp³-hybridized carbons (Fsp3) is 0.200. The maximum Gasteiger partial charge on any atom is 0.132 e. The number of halogens is 3. The van der Waals surface area contributed by atoms with Gasteiger partial charge in [0.1, 0.15) is 11.6 Å². The van der Waals surface area contributed by atoms with Crippen molar-refractivity contribution >= 4 is 15.9 Å². The Kier molecular flexibility index (Phi) is 4.32. The fourth-order valence-corrected chi connectivity index (χ4v) is 2.39. The Morgan fingerprint density at radius 2 is 1.63 bits per heavy atom. The predicted octanol–water partition coefficient (Wildman–Crippen LogP) is 4.28. The van der Waals surface area contributed by atoms with Crippen LogP contribution < -0.4 is 5.73 Å². The van der Waals surface area contributed by atoms with E-state index in [-0.39, 0.29) is 5.56 Å². The third-order valence-electron chi connectivity index (χ3n) is 2.99. The van der Waals surface area contributed by atoms with Crippen molar-refractivity contribution in [1.82, 2.24) is 0 Å². The van der Waals surface area contributed by atoms with Crippen molar-refractivity contribution in [3.63, 3.8) is 0 Å². The molecule has 19 heavy (non-hydrogen) atoms. The Labute approximate surface area is 119 Å². The summed E-state index contributed by atoms with van der Waals surface area (Å²) < 4.78 is 27.9. The predicted molar refractivity (Wildman–Crippen MR) is 75.9 cm³/mol. The molecule has 0 fully saturated rings. The maximum atomic E-state index is 13.8. The first-order valence-corrected chi connectivity index (χ1v) is 6.72. The molecule has 0 aliphatic rings. The molecule has 0 aliphatic heterocycles. The van der Waals surface area contributed by atoms with Gasteiger partial charge in [-0.05, 0) is 31.0 Å². The summed E-state index contributed by atoms with van der Waals surface area (Å²) in [6, 6.07) is 9.51. The van der Waals surface area contributed by atoms with Crippen LogP contribution in [0.5, 0.6) is 0 Å². The van der Waals surface area contributed by atoms with Crippen LogP contribution in [-0.4, -0.2) is 0 Å². The molecule has 1 unspecified atom stereocenters. The van der Waals surface area contributed by atoms with E-state index in [1.54, 1.807) is 0 Å². The first kappa shape index (κ1) is 14.2. The van der Waals surface area contributed by atoms with E-state index in [9.17, 15) is 8.78 Å². The summed E-state index contributed by atoms with van der Waals surface area (Å²) >= 11 is 3.05. The first-order chi connectivity index (χ1) is 8.97. The molecule has 0 heterocycles. The smallest absolute Gasteiger partial charge is 0.132 e. The van der Waals surface area contributed by atoms with Crippen molar-refractivity contribution in [2.24, 2.45) is 5.73 Å². The number of rotatable bonds is 3. The molecule has 0 aliphatic carbocycles. The highest BCUT2D eigenvalue weighted by molar-refractivity contribution is 9.10. The van der Waals surface area contributed by atoms with Crippen LogP contribution in [-0.2, 0) is 6.42 Å². The molecule has 1 nitrogen and oxygen atoms in total. The summed E-state index contributed by atoms with van der Waals surface area (Å²) in [5.41, 5.74) is 7.95. The molecule has 2 aromatic rings. The number of benzene rings is 2. The summed E-state index contributed by atoms with van der Waals surface area (Å²) in [6.07, 6.45) is 0.399. The zero-order chi connectivity index (χ0) is 14.0. The van der Waals surface area contributed by atoms with Gasteiger partial charge in [-0.2, -0.15) is 0 Å². The molecule has 100 valence electrons. The quantitative estimate of drug-likeness (QED) is 0.895. The van der Waals surface area contributed by atoms with Crippen molar-refractivity contribution in [3.8, 4) is 0 Å². The highest BCUT2D eigenvalue weighted by Crippen LogP contribution is 2.25. The Morgan fingerprint density at radius 1 is 1.11 bits per heavy atom. The number of hydrogen-bond donors (Lipinski definition) is 1. The zero-order valence-corrected chi connectivity index (χ0v) is 12.0. The van der Waals surface area contributed by atoms with E-state index in [4.69, 9.17) is 5.73 Å². The molecule has 0 saturated heterocycles. The van der Waals surface area contributed by atoms with E-state index in [2.05, 4.69) is 15.9 Å². The van der Waals surface area contributed by atoms with Crippen LogP contribution in [0.1, 0.15) is 22.7 Å². The van der Waals surface area contributed by atoms with Crippen molar-refractivity contribution in [3.05, 3.63) is 69.2 Å². The van der Waals surface area contributed by atoms with Crippen molar-refractivity contribution in [2.75, 3.05) is 0 Å². The largest absolute Gasteiger partial charge is 0.323 e. The lowest BCUT2D eigenvalue weighted by molar-refractivity contribution is 0.523. The molecule has 0 saturated carbocycles. The van der Waals surface area contributed by atoms with E-state index >= 15 is 0 Å². The van der Waals surface area contributed by atoms with Crippen LogP contribution >= 0.6 is 15.9 Å². The molecule has 0 radical (unpaired) electrons. The van der Waals surface area contributed by atoms with Gasteiger partial charge in [0.25, 0.3) is 0 Å². The van der Waals surface area contributed by atoms with Gasteiger partial charge in [0.2, 0.25) is 0 Å².